The van der Waals surface area contributed by atoms with E-state index in [0.29, 0.717) is 30.6 Å². The van der Waals surface area contributed by atoms with Crippen LogP contribution in [0.1, 0.15) is 62.9 Å². The topological polar surface area (TPSA) is 57.5 Å². The van der Waals surface area contributed by atoms with E-state index >= 15 is 0 Å². The van der Waals surface area contributed by atoms with Gasteiger partial charge in [0.25, 0.3) is 0 Å². The first-order chi connectivity index (χ1) is 11.6. The minimum absolute atomic E-state index is 0.0691. The summed E-state index contributed by atoms with van der Waals surface area (Å²) in [7, 11) is 2.24. The molecule has 0 spiro atoms. The lowest BCUT2D eigenvalue weighted by atomic mass is 9.82. The third kappa shape index (κ3) is 3.32. The van der Waals surface area contributed by atoms with Crippen molar-refractivity contribution in [1.29, 1.82) is 0 Å². The van der Waals surface area contributed by atoms with Gasteiger partial charge in [0, 0.05) is 24.0 Å². The fourth-order valence-electron chi connectivity index (χ4n) is 4.54. The molecule has 3 fully saturated rings. The molecule has 1 unspecified atom stereocenters. The molecule has 5 atom stereocenters. The van der Waals surface area contributed by atoms with Gasteiger partial charge in [0.05, 0.1) is 6.54 Å². The van der Waals surface area contributed by atoms with Gasteiger partial charge >= 0.3 is 6.03 Å². The van der Waals surface area contributed by atoms with E-state index in [4.69, 9.17) is 4.42 Å². The number of hydrogen-bond acceptors (Lipinski definition) is 3. The van der Waals surface area contributed by atoms with Crippen LogP contribution >= 0.6 is 0 Å². The summed E-state index contributed by atoms with van der Waals surface area (Å²) in [5.41, 5.74) is 0. The van der Waals surface area contributed by atoms with Crippen molar-refractivity contribution < 1.29 is 9.21 Å². The summed E-state index contributed by atoms with van der Waals surface area (Å²) < 4.78 is 5.84. The van der Waals surface area contributed by atoms with Crippen molar-refractivity contribution >= 4 is 6.03 Å². The Kier molecular flexibility index (Phi) is 4.29. The molecule has 2 saturated heterocycles. The molecule has 2 N–H and O–H groups in total. The van der Waals surface area contributed by atoms with Crippen LogP contribution in [-0.2, 0) is 6.54 Å². The normalized spacial score (nSPS) is 35.5. The van der Waals surface area contributed by atoms with Gasteiger partial charge in [-0.15, -0.1) is 0 Å². The summed E-state index contributed by atoms with van der Waals surface area (Å²) in [5.74, 6) is 3.25. The Hall–Kier alpha value is -1.49. The Bertz CT molecular complexity index is 585. The molecule has 2 bridgehead atoms. The summed E-state index contributed by atoms with van der Waals surface area (Å²) in [6.45, 7) is 2.71. The third-order valence-electron chi connectivity index (χ3n) is 6.26. The molecular weight excluding hydrogens is 302 g/mol. The first-order valence-electron chi connectivity index (χ1n) is 9.45. The zero-order valence-electron chi connectivity index (χ0n) is 14.8. The Morgan fingerprint density at radius 2 is 1.96 bits per heavy atom. The van der Waals surface area contributed by atoms with Crippen LogP contribution in [0.15, 0.2) is 16.5 Å². The van der Waals surface area contributed by atoms with Crippen LogP contribution < -0.4 is 10.6 Å². The lowest BCUT2D eigenvalue weighted by Crippen LogP contribution is -2.56. The molecule has 0 radical (unpaired) electrons. The van der Waals surface area contributed by atoms with Crippen LogP contribution in [0.25, 0.3) is 0 Å². The molecule has 132 valence electrons. The van der Waals surface area contributed by atoms with Crippen LogP contribution in [0.4, 0.5) is 4.79 Å². The number of urea groups is 1. The Balaban J connectivity index is 1.24. The highest BCUT2D eigenvalue weighted by atomic mass is 16.3. The highest BCUT2D eigenvalue weighted by Crippen LogP contribution is 2.47. The summed E-state index contributed by atoms with van der Waals surface area (Å²) in [4.78, 5) is 14.7. The Morgan fingerprint density at radius 3 is 2.62 bits per heavy atom. The first-order valence-corrected chi connectivity index (χ1v) is 9.45. The molecule has 3 aliphatic rings. The lowest BCUT2D eigenvalue weighted by molar-refractivity contribution is 0.0509. The van der Waals surface area contributed by atoms with Crippen molar-refractivity contribution in [3.05, 3.63) is 23.7 Å². The van der Waals surface area contributed by atoms with Gasteiger partial charge in [-0.25, -0.2) is 4.79 Å². The molecular formula is C19H29N3O2. The van der Waals surface area contributed by atoms with Crippen LogP contribution in [-0.4, -0.2) is 36.1 Å². The third-order valence-corrected chi connectivity index (χ3v) is 6.26. The standard InChI is InChI=1S/C19H29N3O2/c1-12-8-17(12)18-7-6-16(24-18)11-20-19(23)21-13-9-14-4-3-5-15(10-13)22(14)2/h6-7,12-15,17H,3-5,8-11H2,1-2H3,(H2,20,21,23)/t12-,13?,14-,15+,17+/m0/s1. The van der Waals surface area contributed by atoms with Crippen LogP contribution in [0, 0.1) is 5.92 Å². The van der Waals surface area contributed by atoms with Crippen LogP contribution in [0.5, 0.6) is 0 Å². The maximum Gasteiger partial charge on any atom is 0.315 e. The van der Waals surface area contributed by atoms with E-state index in [9.17, 15) is 4.79 Å². The van der Waals surface area contributed by atoms with E-state index in [1.165, 1.54) is 25.7 Å². The quantitative estimate of drug-likeness (QED) is 0.891. The van der Waals surface area contributed by atoms with Crippen LogP contribution in [0.3, 0.4) is 0 Å². The van der Waals surface area contributed by atoms with E-state index in [1.54, 1.807) is 0 Å². The maximum atomic E-state index is 12.2. The van der Waals surface area contributed by atoms with Crippen molar-refractivity contribution in [2.24, 2.45) is 5.92 Å². The molecule has 1 saturated carbocycles. The minimum atomic E-state index is -0.0691. The van der Waals surface area contributed by atoms with Gasteiger partial charge in [-0.3, -0.25) is 0 Å². The van der Waals surface area contributed by atoms with Crippen molar-refractivity contribution in [2.75, 3.05) is 7.05 Å². The van der Waals surface area contributed by atoms with Gasteiger partial charge in [0.2, 0.25) is 0 Å². The SMILES string of the molecule is C[C@H]1C[C@H]1c1ccc(CNC(=O)NC2C[C@H]3CCC[C@@H](C2)N3C)o1. The Morgan fingerprint density at radius 1 is 1.25 bits per heavy atom. The molecule has 1 aliphatic carbocycles. The molecule has 3 heterocycles. The minimum Gasteiger partial charge on any atom is -0.464 e. The molecule has 5 heteroatoms. The maximum absolute atomic E-state index is 12.2. The largest absolute Gasteiger partial charge is 0.464 e. The van der Waals surface area contributed by atoms with Gasteiger partial charge in [0.1, 0.15) is 11.5 Å². The van der Waals surface area contributed by atoms with Crippen molar-refractivity contribution in [3.63, 3.8) is 0 Å². The number of carbonyl (C=O) groups is 1. The number of hydrogen-bond donors (Lipinski definition) is 2. The zero-order chi connectivity index (χ0) is 16.7. The van der Waals surface area contributed by atoms with Crippen molar-refractivity contribution in [3.8, 4) is 0 Å². The second-order valence-electron chi connectivity index (χ2n) is 8.02. The van der Waals surface area contributed by atoms with Gasteiger partial charge in [-0.2, -0.15) is 0 Å². The molecule has 2 aliphatic heterocycles. The predicted octanol–water partition coefficient (Wildman–Crippen LogP) is 3.22. The number of piperidine rings is 2. The number of furan rings is 1. The molecule has 1 aromatic heterocycles. The Labute approximate surface area is 144 Å². The molecule has 0 aromatic carbocycles. The van der Waals surface area contributed by atoms with Crippen molar-refractivity contribution in [1.82, 2.24) is 15.5 Å². The monoisotopic (exact) mass is 331 g/mol. The van der Waals surface area contributed by atoms with Crippen molar-refractivity contribution in [2.45, 2.75) is 76.0 Å². The fourth-order valence-corrected chi connectivity index (χ4v) is 4.54. The van der Waals surface area contributed by atoms with E-state index in [-0.39, 0.29) is 6.03 Å². The van der Waals surface area contributed by atoms with Gasteiger partial charge in [-0.05, 0) is 57.2 Å². The summed E-state index contributed by atoms with van der Waals surface area (Å²) >= 11 is 0. The summed E-state index contributed by atoms with van der Waals surface area (Å²) in [6.07, 6.45) is 7.23. The van der Waals surface area contributed by atoms with E-state index in [2.05, 4.69) is 35.6 Å². The highest BCUT2D eigenvalue weighted by molar-refractivity contribution is 5.74. The first kappa shape index (κ1) is 16.0. The van der Waals surface area contributed by atoms with Crippen LogP contribution in [0.2, 0.25) is 0 Å². The van der Waals surface area contributed by atoms with Gasteiger partial charge in [-0.1, -0.05) is 13.3 Å². The number of carbonyl (C=O) groups excluding carboxylic acids is 1. The molecule has 2 amide bonds. The fraction of sp³-hybridized carbons (Fsp3) is 0.737. The average Bonchev–Trinajstić information content (AvgIpc) is 3.08. The van der Waals surface area contributed by atoms with Gasteiger partial charge in [0.15, 0.2) is 0 Å². The van der Waals surface area contributed by atoms with E-state index < -0.39 is 0 Å². The number of nitrogens with zero attached hydrogens (tertiary/aromatic N) is 1. The average molecular weight is 331 g/mol. The molecule has 4 rings (SSSR count). The zero-order valence-corrected chi connectivity index (χ0v) is 14.8. The summed E-state index contributed by atoms with van der Waals surface area (Å²) in [5, 5.41) is 6.12. The van der Waals surface area contributed by atoms with Gasteiger partial charge < -0.3 is 20.0 Å². The second-order valence-corrected chi connectivity index (χ2v) is 8.02. The highest BCUT2D eigenvalue weighted by Gasteiger charge is 2.37. The number of rotatable bonds is 4. The predicted molar refractivity (Wildman–Crippen MR) is 92.8 cm³/mol. The number of fused-ring (bicyclic) bond motifs is 2. The number of amides is 2. The molecule has 1 aromatic rings. The van der Waals surface area contributed by atoms with E-state index in [0.717, 1.165) is 30.3 Å². The molecule has 5 nitrogen and oxygen atoms in total. The molecule has 24 heavy (non-hydrogen) atoms. The smallest absolute Gasteiger partial charge is 0.315 e. The number of nitrogens with one attached hydrogen (secondary N) is 2. The second kappa shape index (κ2) is 6.43. The summed E-state index contributed by atoms with van der Waals surface area (Å²) in [6, 6.07) is 5.55. The lowest BCUT2D eigenvalue weighted by Gasteiger charge is -2.47. The van der Waals surface area contributed by atoms with E-state index in [1.807, 2.05) is 6.07 Å².